The Kier molecular flexibility index (Phi) is 4.85. The van der Waals surface area contributed by atoms with Crippen LogP contribution in [0.2, 0.25) is 5.02 Å². The summed E-state index contributed by atoms with van der Waals surface area (Å²) in [5, 5.41) is 11.4. The van der Waals surface area contributed by atoms with Crippen LogP contribution in [-0.4, -0.2) is 14.7 Å². The normalized spacial score (nSPS) is 10.3. The van der Waals surface area contributed by atoms with Gasteiger partial charge in [0.15, 0.2) is 5.11 Å². The van der Waals surface area contributed by atoms with Crippen LogP contribution < -0.4 is 10.6 Å². The van der Waals surface area contributed by atoms with Crippen molar-refractivity contribution in [3.63, 3.8) is 0 Å². The molecule has 23 heavy (non-hydrogen) atoms. The van der Waals surface area contributed by atoms with Crippen LogP contribution in [0.5, 0.6) is 0 Å². The molecule has 0 amide bonds. The molecule has 0 aliphatic rings. The quantitative estimate of drug-likeness (QED) is 0.645. The summed E-state index contributed by atoms with van der Waals surface area (Å²) in [5.74, 6) is 0. The molecule has 0 unspecified atom stereocenters. The molecule has 2 N–H and O–H groups in total. The topological polar surface area (TPSA) is 49.8 Å². The van der Waals surface area contributed by atoms with Gasteiger partial charge in [-0.1, -0.05) is 28.2 Å². The lowest BCUT2D eigenvalue weighted by molar-refractivity contribution is 1.16. The van der Waals surface area contributed by atoms with E-state index in [9.17, 15) is 0 Å². The monoisotopic (exact) mass is 360 g/mol. The van der Waals surface area contributed by atoms with E-state index in [0.29, 0.717) is 10.1 Å². The minimum atomic E-state index is 0.530. The lowest BCUT2D eigenvalue weighted by atomic mass is 10.2. The molecule has 0 spiro atoms. The number of aryl methyl sites for hydroxylation is 1. The summed E-state index contributed by atoms with van der Waals surface area (Å²) in [7, 11) is 0. The van der Waals surface area contributed by atoms with E-state index in [1.165, 1.54) is 11.5 Å². The van der Waals surface area contributed by atoms with Gasteiger partial charge in [0.1, 0.15) is 0 Å². The van der Waals surface area contributed by atoms with Crippen molar-refractivity contribution in [1.29, 1.82) is 0 Å². The minimum Gasteiger partial charge on any atom is -0.332 e. The van der Waals surface area contributed by atoms with Gasteiger partial charge in [0.2, 0.25) is 0 Å². The molecular formula is C16H13ClN4S2. The molecule has 0 aliphatic heterocycles. The first-order valence-corrected chi connectivity index (χ1v) is 8.40. The Morgan fingerprint density at radius 3 is 2.57 bits per heavy atom. The van der Waals surface area contributed by atoms with E-state index in [0.717, 1.165) is 27.4 Å². The molecule has 0 saturated carbocycles. The second-order valence-corrected chi connectivity index (χ2v) is 6.53. The maximum absolute atomic E-state index is 5.96. The fraction of sp³-hybridized carbons (Fsp3) is 0.0625. The number of nitrogens with zero attached hydrogens (tertiary/aromatic N) is 2. The van der Waals surface area contributed by atoms with Crippen molar-refractivity contribution in [2.45, 2.75) is 6.92 Å². The van der Waals surface area contributed by atoms with Crippen molar-refractivity contribution < 1.29 is 0 Å². The zero-order valence-corrected chi connectivity index (χ0v) is 14.6. The van der Waals surface area contributed by atoms with E-state index in [4.69, 9.17) is 23.8 Å². The predicted molar refractivity (Wildman–Crippen MR) is 101 cm³/mol. The average molecular weight is 361 g/mol. The minimum absolute atomic E-state index is 0.530. The summed E-state index contributed by atoms with van der Waals surface area (Å²) in [6.45, 7) is 1.98. The van der Waals surface area contributed by atoms with Gasteiger partial charge in [-0.2, -0.15) is 0 Å². The van der Waals surface area contributed by atoms with E-state index in [2.05, 4.69) is 20.2 Å². The molecule has 1 aromatic heterocycles. The number of hydrogen-bond donors (Lipinski definition) is 2. The van der Waals surface area contributed by atoms with E-state index >= 15 is 0 Å². The lowest BCUT2D eigenvalue weighted by Crippen LogP contribution is -2.19. The highest BCUT2D eigenvalue weighted by Crippen LogP contribution is 2.24. The number of rotatable bonds is 3. The Hall–Kier alpha value is -2.02. The van der Waals surface area contributed by atoms with E-state index in [-0.39, 0.29) is 0 Å². The Bertz CT molecular complexity index is 817. The molecular weight excluding hydrogens is 348 g/mol. The first kappa shape index (κ1) is 15.9. The molecule has 0 saturated heterocycles. The van der Waals surface area contributed by atoms with Gasteiger partial charge in [-0.05, 0) is 72.1 Å². The highest BCUT2D eigenvalue weighted by atomic mass is 35.5. The standard InChI is InChI=1S/C16H13ClN4S2/c1-10-8-12(17)4-7-14(10)20-16(22)19-13-5-2-11(3-6-13)15-9-18-21-23-15/h2-9H,1H3,(H2,19,20,22). The highest BCUT2D eigenvalue weighted by molar-refractivity contribution is 7.80. The van der Waals surface area contributed by atoms with E-state index in [1.54, 1.807) is 6.20 Å². The molecule has 0 aliphatic carbocycles. The maximum atomic E-state index is 5.96. The van der Waals surface area contributed by atoms with Crippen LogP contribution in [0.1, 0.15) is 5.56 Å². The van der Waals surface area contributed by atoms with Crippen molar-refractivity contribution in [1.82, 2.24) is 9.59 Å². The second kappa shape index (κ2) is 7.04. The fourth-order valence-corrected chi connectivity index (χ4v) is 3.04. The summed E-state index contributed by atoms with van der Waals surface area (Å²) in [6.07, 6.45) is 1.75. The van der Waals surface area contributed by atoms with Gasteiger partial charge in [0.25, 0.3) is 0 Å². The Balaban J connectivity index is 1.66. The second-order valence-electron chi connectivity index (χ2n) is 4.90. The van der Waals surface area contributed by atoms with Gasteiger partial charge in [-0.3, -0.25) is 0 Å². The first-order valence-electron chi connectivity index (χ1n) is 6.84. The molecule has 116 valence electrons. The third-order valence-corrected chi connectivity index (χ3v) is 4.38. The molecule has 0 radical (unpaired) electrons. The van der Waals surface area contributed by atoms with Gasteiger partial charge in [-0.25, -0.2) is 0 Å². The Morgan fingerprint density at radius 1 is 1.13 bits per heavy atom. The largest absolute Gasteiger partial charge is 0.332 e. The van der Waals surface area contributed by atoms with Crippen molar-refractivity contribution in [3.8, 4) is 10.4 Å². The van der Waals surface area contributed by atoms with Gasteiger partial charge in [0.05, 0.1) is 11.1 Å². The Labute approximate surface area is 148 Å². The number of hydrogen-bond acceptors (Lipinski definition) is 4. The SMILES string of the molecule is Cc1cc(Cl)ccc1NC(=S)Nc1ccc(-c2cnns2)cc1. The van der Waals surface area contributed by atoms with Crippen LogP contribution in [-0.2, 0) is 0 Å². The van der Waals surface area contributed by atoms with Crippen molar-refractivity contribution in [2.75, 3.05) is 10.6 Å². The molecule has 4 nitrogen and oxygen atoms in total. The summed E-state index contributed by atoms with van der Waals surface area (Å²) in [4.78, 5) is 1.04. The molecule has 2 aromatic carbocycles. The lowest BCUT2D eigenvalue weighted by Gasteiger charge is -2.13. The van der Waals surface area contributed by atoms with Crippen LogP contribution in [0.3, 0.4) is 0 Å². The number of anilines is 2. The third kappa shape index (κ3) is 4.04. The van der Waals surface area contributed by atoms with Crippen LogP contribution in [0, 0.1) is 6.92 Å². The van der Waals surface area contributed by atoms with Crippen LogP contribution in [0.4, 0.5) is 11.4 Å². The number of thiocarbonyl (C=S) groups is 1. The Morgan fingerprint density at radius 2 is 1.91 bits per heavy atom. The number of halogens is 1. The number of benzene rings is 2. The molecule has 0 fully saturated rings. The predicted octanol–water partition coefficient (Wildman–Crippen LogP) is 4.98. The number of nitrogens with one attached hydrogen (secondary N) is 2. The smallest absolute Gasteiger partial charge is 0.175 e. The van der Waals surface area contributed by atoms with Gasteiger partial charge >= 0.3 is 0 Å². The first-order chi connectivity index (χ1) is 11.1. The van der Waals surface area contributed by atoms with Crippen molar-refractivity contribution >= 4 is 51.8 Å². The van der Waals surface area contributed by atoms with Gasteiger partial charge in [0, 0.05) is 16.4 Å². The van der Waals surface area contributed by atoms with Crippen LogP contribution in [0.15, 0.2) is 48.7 Å². The molecule has 3 rings (SSSR count). The fourth-order valence-electron chi connectivity index (χ4n) is 2.06. The van der Waals surface area contributed by atoms with Crippen LogP contribution in [0.25, 0.3) is 10.4 Å². The van der Waals surface area contributed by atoms with E-state index < -0.39 is 0 Å². The van der Waals surface area contributed by atoms with Gasteiger partial charge < -0.3 is 10.6 Å². The van der Waals surface area contributed by atoms with Crippen LogP contribution >= 0.6 is 35.4 Å². The van der Waals surface area contributed by atoms with Gasteiger partial charge in [-0.15, -0.1) is 5.10 Å². The van der Waals surface area contributed by atoms with E-state index in [1.807, 2.05) is 49.4 Å². The zero-order valence-electron chi connectivity index (χ0n) is 12.2. The summed E-state index contributed by atoms with van der Waals surface area (Å²) in [5.41, 5.74) is 3.96. The zero-order chi connectivity index (χ0) is 16.2. The summed E-state index contributed by atoms with van der Waals surface area (Å²) in [6, 6.07) is 13.6. The van der Waals surface area contributed by atoms with Crippen molar-refractivity contribution in [3.05, 3.63) is 59.2 Å². The molecule has 7 heteroatoms. The molecule has 0 atom stereocenters. The molecule has 3 aromatic rings. The molecule has 1 heterocycles. The van der Waals surface area contributed by atoms with Crippen molar-refractivity contribution in [2.24, 2.45) is 0 Å². The summed E-state index contributed by atoms with van der Waals surface area (Å²) < 4.78 is 3.87. The number of aromatic nitrogens is 2. The summed E-state index contributed by atoms with van der Waals surface area (Å²) >= 11 is 12.7. The third-order valence-electron chi connectivity index (χ3n) is 3.23. The average Bonchev–Trinajstić information content (AvgIpc) is 3.05. The maximum Gasteiger partial charge on any atom is 0.175 e. The molecule has 0 bridgehead atoms. The highest BCUT2D eigenvalue weighted by Gasteiger charge is 2.04.